The van der Waals surface area contributed by atoms with E-state index < -0.39 is 5.97 Å². The number of hydrogen-bond acceptors (Lipinski definition) is 3. The number of halogens is 1. The monoisotopic (exact) mass is 267 g/mol. The lowest BCUT2D eigenvalue weighted by molar-refractivity contribution is -0.144. The molecule has 0 atom stereocenters. The van der Waals surface area contributed by atoms with Gasteiger partial charge in [-0.15, -0.1) is 0 Å². The Labute approximate surface area is 111 Å². The predicted octanol–water partition coefficient (Wildman–Crippen LogP) is 1.98. The number of amides is 1. The van der Waals surface area contributed by atoms with Crippen LogP contribution in [0.25, 0.3) is 6.08 Å². The van der Waals surface area contributed by atoms with Gasteiger partial charge < -0.3 is 9.64 Å². The van der Waals surface area contributed by atoms with Gasteiger partial charge in [-0.25, -0.2) is 0 Å². The fourth-order valence-electron chi connectivity index (χ4n) is 1.24. The number of esters is 1. The van der Waals surface area contributed by atoms with Gasteiger partial charge >= 0.3 is 5.97 Å². The summed E-state index contributed by atoms with van der Waals surface area (Å²) in [6.07, 6.45) is 3.02. The molecule has 0 spiro atoms. The molecule has 0 bridgehead atoms. The minimum Gasteiger partial charge on any atom is -0.468 e. The zero-order chi connectivity index (χ0) is 13.5. The first-order valence-corrected chi connectivity index (χ1v) is 5.66. The van der Waals surface area contributed by atoms with Crippen molar-refractivity contribution in [1.29, 1.82) is 0 Å². The number of carbonyl (C=O) groups is 2. The first kappa shape index (κ1) is 14.3. The van der Waals surface area contributed by atoms with Crippen molar-refractivity contribution in [1.82, 2.24) is 4.90 Å². The molecule has 0 aromatic heterocycles. The highest BCUT2D eigenvalue weighted by Crippen LogP contribution is 2.11. The van der Waals surface area contributed by atoms with Crippen LogP contribution in [-0.4, -0.2) is 37.5 Å². The van der Waals surface area contributed by atoms with Gasteiger partial charge in [0.15, 0.2) is 0 Å². The Kier molecular flexibility index (Phi) is 5.39. The summed E-state index contributed by atoms with van der Waals surface area (Å²) in [5.74, 6) is -0.734. The topological polar surface area (TPSA) is 46.6 Å². The Bertz CT molecular complexity index is 471. The van der Waals surface area contributed by atoms with Crippen molar-refractivity contribution in [3.63, 3.8) is 0 Å². The van der Waals surface area contributed by atoms with Gasteiger partial charge in [-0.05, 0) is 23.8 Å². The van der Waals surface area contributed by atoms with E-state index in [1.54, 1.807) is 24.3 Å². The maximum absolute atomic E-state index is 11.7. The summed E-state index contributed by atoms with van der Waals surface area (Å²) in [6.45, 7) is -0.0742. The van der Waals surface area contributed by atoms with E-state index in [0.29, 0.717) is 5.02 Å². The van der Waals surface area contributed by atoms with Crippen LogP contribution in [0.4, 0.5) is 0 Å². The molecule has 1 aromatic carbocycles. The van der Waals surface area contributed by atoms with Gasteiger partial charge in [-0.2, -0.15) is 0 Å². The van der Waals surface area contributed by atoms with E-state index >= 15 is 0 Å². The third-order valence-electron chi connectivity index (χ3n) is 2.24. The molecule has 1 rings (SSSR count). The Morgan fingerprint density at radius 3 is 2.78 bits per heavy atom. The minimum absolute atomic E-state index is 0.0742. The summed E-state index contributed by atoms with van der Waals surface area (Å²) in [5, 5.41) is 0.604. The van der Waals surface area contributed by atoms with E-state index in [4.69, 9.17) is 11.6 Å². The second-order valence-electron chi connectivity index (χ2n) is 3.66. The summed E-state index contributed by atoms with van der Waals surface area (Å²) < 4.78 is 4.48. The first-order chi connectivity index (χ1) is 8.52. The van der Waals surface area contributed by atoms with Gasteiger partial charge in [-0.3, -0.25) is 9.59 Å². The third kappa shape index (κ3) is 4.59. The van der Waals surface area contributed by atoms with Crippen LogP contribution in [0, 0.1) is 0 Å². The Morgan fingerprint density at radius 1 is 1.44 bits per heavy atom. The second-order valence-corrected chi connectivity index (χ2v) is 4.10. The van der Waals surface area contributed by atoms with Crippen LogP contribution >= 0.6 is 11.6 Å². The van der Waals surface area contributed by atoms with E-state index in [2.05, 4.69) is 4.74 Å². The van der Waals surface area contributed by atoms with Crippen molar-refractivity contribution in [2.24, 2.45) is 0 Å². The van der Waals surface area contributed by atoms with E-state index in [-0.39, 0.29) is 12.5 Å². The molecule has 4 nitrogen and oxygen atoms in total. The fraction of sp³-hybridized carbons (Fsp3) is 0.231. The molecule has 0 heterocycles. The van der Waals surface area contributed by atoms with E-state index in [0.717, 1.165) is 5.56 Å². The summed E-state index contributed by atoms with van der Waals surface area (Å²) in [4.78, 5) is 23.9. The van der Waals surface area contributed by atoms with Crippen molar-refractivity contribution in [2.75, 3.05) is 20.7 Å². The normalized spacial score (nSPS) is 10.4. The fourth-order valence-corrected chi connectivity index (χ4v) is 1.44. The molecule has 0 aliphatic carbocycles. The van der Waals surface area contributed by atoms with Gasteiger partial charge in [0.25, 0.3) is 0 Å². The molecule has 1 amide bonds. The Balaban J connectivity index is 2.61. The highest BCUT2D eigenvalue weighted by atomic mass is 35.5. The number of benzene rings is 1. The van der Waals surface area contributed by atoms with Crippen LogP contribution in [0.3, 0.4) is 0 Å². The molecule has 0 unspecified atom stereocenters. The zero-order valence-corrected chi connectivity index (χ0v) is 11.0. The standard InChI is InChI=1S/C13H14ClNO3/c1-15(9-13(17)18-2)12(16)7-6-10-4-3-5-11(14)8-10/h3-8H,9H2,1-2H3. The van der Waals surface area contributed by atoms with Gasteiger partial charge in [-0.1, -0.05) is 23.7 Å². The SMILES string of the molecule is COC(=O)CN(C)C(=O)C=Cc1cccc(Cl)c1. The number of ether oxygens (including phenoxy) is 1. The molecule has 0 radical (unpaired) electrons. The van der Waals surface area contributed by atoms with E-state index in [1.165, 1.54) is 25.1 Å². The lowest BCUT2D eigenvalue weighted by atomic mass is 10.2. The molecule has 0 saturated carbocycles. The molecular weight excluding hydrogens is 254 g/mol. The minimum atomic E-state index is -0.456. The third-order valence-corrected chi connectivity index (χ3v) is 2.47. The predicted molar refractivity (Wildman–Crippen MR) is 70.1 cm³/mol. The van der Waals surface area contributed by atoms with Crippen molar-refractivity contribution < 1.29 is 14.3 Å². The van der Waals surface area contributed by atoms with Crippen molar-refractivity contribution in [3.05, 3.63) is 40.9 Å². The Hall–Kier alpha value is -1.81. The van der Waals surface area contributed by atoms with E-state index in [1.807, 2.05) is 6.07 Å². The first-order valence-electron chi connectivity index (χ1n) is 5.28. The van der Waals surface area contributed by atoms with Gasteiger partial charge in [0, 0.05) is 18.1 Å². The number of nitrogens with zero attached hydrogens (tertiary/aromatic N) is 1. The summed E-state index contributed by atoms with van der Waals surface area (Å²) in [6, 6.07) is 7.12. The number of likely N-dealkylation sites (N-methyl/N-ethyl adjacent to an activating group) is 1. The molecule has 0 saturated heterocycles. The summed E-state index contributed by atoms with van der Waals surface area (Å²) in [5.41, 5.74) is 0.822. The summed E-state index contributed by atoms with van der Waals surface area (Å²) in [7, 11) is 2.81. The molecule has 0 fully saturated rings. The molecule has 0 aliphatic rings. The second kappa shape index (κ2) is 6.81. The van der Waals surface area contributed by atoms with Crippen LogP contribution in [0.1, 0.15) is 5.56 Å². The van der Waals surface area contributed by atoms with Crippen LogP contribution in [-0.2, 0) is 14.3 Å². The molecule has 0 N–H and O–H groups in total. The number of methoxy groups -OCH3 is 1. The molecule has 96 valence electrons. The van der Waals surface area contributed by atoms with Gasteiger partial charge in [0.1, 0.15) is 6.54 Å². The van der Waals surface area contributed by atoms with Crippen LogP contribution in [0.5, 0.6) is 0 Å². The van der Waals surface area contributed by atoms with Crippen LogP contribution in [0.15, 0.2) is 30.3 Å². The highest BCUT2D eigenvalue weighted by molar-refractivity contribution is 6.30. The molecule has 0 aliphatic heterocycles. The van der Waals surface area contributed by atoms with Crippen molar-refractivity contribution in [3.8, 4) is 0 Å². The van der Waals surface area contributed by atoms with Crippen LogP contribution in [0.2, 0.25) is 5.02 Å². The summed E-state index contributed by atoms with van der Waals surface area (Å²) >= 11 is 5.82. The maximum Gasteiger partial charge on any atom is 0.325 e. The average molecular weight is 268 g/mol. The lowest BCUT2D eigenvalue weighted by Crippen LogP contribution is -2.31. The highest BCUT2D eigenvalue weighted by Gasteiger charge is 2.09. The smallest absolute Gasteiger partial charge is 0.325 e. The zero-order valence-electron chi connectivity index (χ0n) is 10.2. The lowest BCUT2D eigenvalue weighted by Gasteiger charge is -2.12. The van der Waals surface area contributed by atoms with Gasteiger partial charge in [0.05, 0.1) is 7.11 Å². The maximum atomic E-state index is 11.7. The molecular formula is C13H14ClNO3. The molecule has 5 heteroatoms. The number of hydrogen-bond donors (Lipinski definition) is 0. The van der Waals surface area contributed by atoms with Crippen molar-refractivity contribution >= 4 is 29.6 Å². The van der Waals surface area contributed by atoms with E-state index in [9.17, 15) is 9.59 Å². The quantitative estimate of drug-likeness (QED) is 0.619. The Morgan fingerprint density at radius 2 is 2.17 bits per heavy atom. The average Bonchev–Trinajstić information content (AvgIpc) is 2.35. The van der Waals surface area contributed by atoms with Crippen LogP contribution < -0.4 is 0 Å². The molecule has 1 aromatic rings. The van der Waals surface area contributed by atoms with Crippen molar-refractivity contribution in [2.45, 2.75) is 0 Å². The number of rotatable bonds is 4. The van der Waals surface area contributed by atoms with Gasteiger partial charge in [0.2, 0.25) is 5.91 Å². The molecule has 18 heavy (non-hydrogen) atoms. The largest absolute Gasteiger partial charge is 0.468 e. The number of carbonyl (C=O) groups excluding carboxylic acids is 2.